The van der Waals surface area contributed by atoms with Gasteiger partial charge in [0.2, 0.25) is 5.91 Å². The first-order valence-electron chi connectivity index (χ1n) is 8.57. The van der Waals surface area contributed by atoms with Gasteiger partial charge in [0.25, 0.3) is 0 Å². The van der Waals surface area contributed by atoms with Gasteiger partial charge in [-0.25, -0.2) is 0 Å². The van der Waals surface area contributed by atoms with Gasteiger partial charge in [-0.1, -0.05) is 38.5 Å². The van der Waals surface area contributed by atoms with Crippen LogP contribution in [0.2, 0.25) is 0 Å². The number of amides is 1. The minimum Gasteiger partial charge on any atom is -0.368 e. The summed E-state index contributed by atoms with van der Waals surface area (Å²) < 4.78 is 6.04. The summed E-state index contributed by atoms with van der Waals surface area (Å²) in [6.07, 6.45) is 11.1. The molecule has 0 aromatic heterocycles. The zero-order valence-corrected chi connectivity index (χ0v) is 13.2. The third-order valence-electron chi connectivity index (χ3n) is 4.75. The molecule has 2 rings (SSSR count). The molecule has 3 nitrogen and oxygen atoms in total. The molecule has 1 amide bonds. The molecule has 0 bridgehead atoms. The maximum absolute atomic E-state index is 12.3. The average molecular weight is 281 g/mol. The molecule has 0 aliphatic heterocycles. The molecule has 0 spiro atoms. The van der Waals surface area contributed by atoms with E-state index in [-0.39, 0.29) is 18.1 Å². The first-order chi connectivity index (χ1) is 9.65. The van der Waals surface area contributed by atoms with Crippen molar-refractivity contribution in [3.8, 4) is 0 Å². The molecule has 0 saturated heterocycles. The van der Waals surface area contributed by atoms with E-state index in [2.05, 4.69) is 5.32 Å². The maximum Gasteiger partial charge on any atom is 0.249 e. The van der Waals surface area contributed by atoms with Crippen LogP contribution in [0.4, 0.5) is 0 Å². The van der Waals surface area contributed by atoms with Crippen molar-refractivity contribution in [2.45, 2.75) is 83.8 Å². The van der Waals surface area contributed by atoms with Crippen LogP contribution in [0.1, 0.15) is 71.6 Å². The standard InChI is InChI=1S/C17H31NO2/c1-13(2)18-17(19)16(11-14-7-3-4-8-14)20-12-15-9-5-6-10-15/h13-16H,3-12H2,1-2H3,(H,18,19). The molecule has 1 atom stereocenters. The molecule has 0 aromatic rings. The van der Waals surface area contributed by atoms with Gasteiger partial charge in [-0.15, -0.1) is 0 Å². The van der Waals surface area contributed by atoms with Crippen molar-refractivity contribution >= 4 is 5.91 Å². The number of carbonyl (C=O) groups is 1. The highest BCUT2D eigenvalue weighted by molar-refractivity contribution is 5.81. The van der Waals surface area contributed by atoms with Crippen LogP contribution >= 0.6 is 0 Å². The Morgan fingerprint density at radius 2 is 1.60 bits per heavy atom. The maximum atomic E-state index is 12.3. The molecule has 3 heteroatoms. The summed E-state index contributed by atoms with van der Waals surface area (Å²) in [5.41, 5.74) is 0. The molecule has 2 fully saturated rings. The highest BCUT2D eigenvalue weighted by atomic mass is 16.5. The minimum absolute atomic E-state index is 0.102. The molecule has 2 aliphatic rings. The van der Waals surface area contributed by atoms with Crippen molar-refractivity contribution in [3.05, 3.63) is 0 Å². The summed E-state index contributed by atoms with van der Waals surface area (Å²) >= 11 is 0. The molecule has 0 heterocycles. The van der Waals surface area contributed by atoms with E-state index >= 15 is 0 Å². The van der Waals surface area contributed by atoms with Crippen LogP contribution in [0, 0.1) is 11.8 Å². The van der Waals surface area contributed by atoms with Crippen molar-refractivity contribution in [3.63, 3.8) is 0 Å². The number of nitrogens with one attached hydrogen (secondary N) is 1. The molecule has 0 radical (unpaired) electrons. The molecule has 2 saturated carbocycles. The smallest absolute Gasteiger partial charge is 0.249 e. The van der Waals surface area contributed by atoms with Crippen LogP contribution in [-0.2, 0) is 9.53 Å². The van der Waals surface area contributed by atoms with E-state index in [1.54, 1.807) is 0 Å². The second-order valence-electron chi connectivity index (χ2n) is 7.02. The predicted octanol–water partition coefficient (Wildman–Crippen LogP) is 3.67. The lowest BCUT2D eigenvalue weighted by Crippen LogP contribution is -2.41. The van der Waals surface area contributed by atoms with Crippen LogP contribution in [-0.4, -0.2) is 24.7 Å². The summed E-state index contributed by atoms with van der Waals surface area (Å²) in [5.74, 6) is 1.49. The average Bonchev–Trinajstić information content (AvgIpc) is 3.06. The van der Waals surface area contributed by atoms with E-state index < -0.39 is 0 Å². The SMILES string of the molecule is CC(C)NC(=O)C(CC1CCCC1)OCC1CCCC1. The van der Waals surface area contributed by atoms with Gasteiger partial charge in [-0.05, 0) is 44.9 Å². The number of hydrogen-bond acceptors (Lipinski definition) is 2. The fraction of sp³-hybridized carbons (Fsp3) is 0.941. The lowest BCUT2D eigenvalue weighted by atomic mass is 9.99. The summed E-state index contributed by atoms with van der Waals surface area (Å²) in [7, 11) is 0. The van der Waals surface area contributed by atoms with Crippen molar-refractivity contribution in [1.29, 1.82) is 0 Å². The van der Waals surface area contributed by atoms with Crippen LogP contribution in [0.25, 0.3) is 0 Å². The van der Waals surface area contributed by atoms with E-state index in [0.29, 0.717) is 11.8 Å². The summed E-state index contributed by atoms with van der Waals surface area (Å²) in [6.45, 7) is 4.81. The molecule has 116 valence electrons. The molecule has 20 heavy (non-hydrogen) atoms. The van der Waals surface area contributed by atoms with E-state index in [0.717, 1.165) is 13.0 Å². The van der Waals surface area contributed by atoms with E-state index in [1.165, 1.54) is 51.4 Å². The third kappa shape index (κ3) is 5.08. The summed E-state index contributed by atoms with van der Waals surface area (Å²) in [5, 5.41) is 3.03. The molecule has 1 unspecified atom stereocenters. The van der Waals surface area contributed by atoms with Gasteiger partial charge in [0, 0.05) is 6.04 Å². The van der Waals surface area contributed by atoms with Crippen LogP contribution in [0.5, 0.6) is 0 Å². The highest BCUT2D eigenvalue weighted by Crippen LogP contribution is 2.30. The van der Waals surface area contributed by atoms with Gasteiger partial charge in [0.1, 0.15) is 6.10 Å². The van der Waals surface area contributed by atoms with Crippen LogP contribution < -0.4 is 5.32 Å². The first kappa shape index (κ1) is 15.8. The van der Waals surface area contributed by atoms with Gasteiger partial charge in [-0.2, -0.15) is 0 Å². The fourth-order valence-electron chi connectivity index (χ4n) is 3.61. The Labute approximate surface area is 123 Å². The van der Waals surface area contributed by atoms with Gasteiger partial charge >= 0.3 is 0 Å². The number of rotatable bonds is 7. The lowest BCUT2D eigenvalue weighted by Gasteiger charge is -2.23. The Kier molecular flexibility index (Phi) is 6.34. The van der Waals surface area contributed by atoms with Crippen molar-refractivity contribution in [2.75, 3.05) is 6.61 Å². The summed E-state index contributed by atoms with van der Waals surface area (Å²) in [4.78, 5) is 12.3. The Morgan fingerprint density at radius 1 is 1.05 bits per heavy atom. The highest BCUT2D eigenvalue weighted by Gasteiger charge is 2.27. The second kappa shape index (κ2) is 8.02. The Hall–Kier alpha value is -0.570. The van der Waals surface area contributed by atoms with Crippen molar-refractivity contribution in [1.82, 2.24) is 5.32 Å². The lowest BCUT2D eigenvalue weighted by molar-refractivity contribution is -0.135. The first-order valence-corrected chi connectivity index (χ1v) is 8.57. The molecule has 1 N–H and O–H groups in total. The van der Waals surface area contributed by atoms with Gasteiger partial charge in [0.15, 0.2) is 0 Å². The predicted molar refractivity (Wildman–Crippen MR) is 81.6 cm³/mol. The summed E-state index contributed by atoms with van der Waals surface area (Å²) in [6, 6.07) is 0.198. The molecule has 2 aliphatic carbocycles. The molecular formula is C17H31NO2. The molecular weight excluding hydrogens is 250 g/mol. The Balaban J connectivity index is 1.82. The second-order valence-corrected chi connectivity index (χ2v) is 7.02. The van der Waals surface area contributed by atoms with Gasteiger partial charge in [0.05, 0.1) is 6.61 Å². The number of ether oxygens (including phenoxy) is 1. The Bertz CT molecular complexity index is 291. The zero-order valence-electron chi connectivity index (χ0n) is 13.2. The normalized spacial score (nSPS) is 22.6. The van der Waals surface area contributed by atoms with Crippen LogP contribution in [0.3, 0.4) is 0 Å². The zero-order chi connectivity index (χ0) is 14.4. The van der Waals surface area contributed by atoms with E-state index in [4.69, 9.17) is 4.74 Å². The quantitative estimate of drug-likeness (QED) is 0.773. The number of hydrogen-bond donors (Lipinski definition) is 1. The minimum atomic E-state index is -0.221. The fourth-order valence-corrected chi connectivity index (χ4v) is 3.61. The van der Waals surface area contributed by atoms with Crippen molar-refractivity contribution in [2.24, 2.45) is 11.8 Å². The van der Waals surface area contributed by atoms with Gasteiger partial charge in [-0.3, -0.25) is 4.79 Å². The third-order valence-corrected chi connectivity index (χ3v) is 4.75. The van der Waals surface area contributed by atoms with Crippen molar-refractivity contribution < 1.29 is 9.53 Å². The monoisotopic (exact) mass is 281 g/mol. The number of carbonyl (C=O) groups excluding carboxylic acids is 1. The topological polar surface area (TPSA) is 38.3 Å². The largest absolute Gasteiger partial charge is 0.368 e. The van der Waals surface area contributed by atoms with E-state index in [9.17, 15) is 4.79 Å². The van der Waals surface area contributed by atoms with E-state index in [1.807, 2.05) is 13.8 Å². The van der Waals surface area contributed by atoms with Crippen LogP contribution in [0.15, 0.2) is 0 Å². The van der Waals surface area contributed by atoms with Gasteiger partial charge < -0.3 is 10.1 Å². The Morgan fingerprint density at radius 3 is 2.15 bits per heavy atom. The molecule has 0 aromatic carbocycles.